The molecule has 0 amide bonds. The van der Waals surface area contributed by atoms with E-state index >= 15 is 0 Å². The Labute approximate surface area is 228 Å². The Hall–Kier alpha value is -3.12. The summed E-state index contributed by atoms with van der Waals surface area (Å²) >= 11 is 0. The highest BCUT2D eigenvalue weighted by Gasteiger charge is 2.51. The van der Waals surface area contributed by atoms with Crippen molar-refractivity contribution in [3.63, 3.8) is 0 Å². The van der Waals surface area contributed by atoms with Gasteiger partial charge in [-0.05, 0) is 23.3 Å². The van der Waals surface area contributed by atoms with Gasteiger partial charge in [0.15, 0.2) is 6.29 Å². The van der Waals surface area contributed by atoms with Crippen LogP contribution in [0.25, 0.3) is 0 Å². The Bertz CT molecular complexity index is 1270. The van der Waals surface area contributed by atoms with Crippen molar-refractivity contribution in [1.29, 1.82) is 0 Å². The van der Waals surface area contributed by atoms with Crippen LogP contribution < -0.4 is 0 Å². The van der Waals surface area contributed by atoms with Crippen LogP contribution in [0.15, 0.2) is 91.0 Å². The van der Waals surface area contributed by atoms with E-state index in [2.05, 4.69) is 0 Å². The number of ether oxygens (including phenoxy) is 5. The molecule has 0 spiro atoms. The number of hydrogen-bond acceptors (Lipinski definition) is 9. The van der Waals surface area contributed by atoms with Crippen LogP contribution in [0.3, 0.4) is 0 Å². The van der Waals surface area contributed by atoms with Crippen LogP contribution in [0.2, 0.25) is 0 Å². The van der Waals surface area contributed by atoms with E-state index in [-0.39, 0.29) is 13.2 Å². The van der Waals surface area contributed by atoms with Crippen molar-refractivity contribution in [1.82, 2.24) is 0 Å². The topological polar surface area (TPSA) is 107 Å². The predicted molar refractivity (Wildman–Crippen MR) is 142 cm³/mol. The third-order valence-electron chi connectivity index (χ3n) is 6.06. The zero-order valence-electron chi connectivity index (χ0n) is 21.8. The van der Waals surface area contributed by atoms with Gasteiger partial charge in [-0.2, -0.15) is 8.42 Å². The average molecular weight is 557 g/mol. The molecule has 0 radical (unpaired) electrons. The van der Waals surface area contributed by atoms with Gasteiger partial charge >= 0.3 is 5.97 Å². The fraction of sp³-hybridized carbons (Fsp3) is 0.345. The molecular formula is C29H32O9S. The second-order valence-electron chi connectivity index (χ2n) is 9.03. The molecule has 0 aromatic heterocycles. The Kier molecular flexibility index (Phi) is 10.2. The Morgan fingerprint density at radius 2 is 1.33 bits per heavy atom. The first-order chi connectivity index (χ1) is 18.8. The first-order valence-electron chi connectivity index (χ1n) is 12.4. The minimum atomic E-state index is -3.97. The monoisotopic (exact) mass is 556 g/mol. The summed E-state index contributed by atoms with van der Waals surface area (Å²) in [5.41, 5.74) is 2.15. The van der Waals surface area contributed by atoms with Crippen molar-refractivity contribution >= 4 is 16.1 Å². The maximum atomic E-state index is 12.6. The number of carbonyl (C=O) groups is 1. The molecule has 1 heterocycles. The molecule has 10 heteroatoms. The molecule has 5 atom stereocenters. The van der Waals surface area contributed by atoms with Crippen LogP contribution in [-0.2, 0) is 51.2 Å². The second kappa shape index (κ2) is 13.8. The number of methoxy groups -OCH3 is 1. The van der Waals surface area contributed by atoms with Gasteiger partial charge in [-0.3, -0.25) is 4.18 Å². The van der Waals surface area contributed by atoms with Crippen LogP contribution in [0.1, 0.15) is 21.5 Å². The zero-order chi connectivity index (χ0) is 27.7. The lowest BCUT2D eigenvalue weighted by Gasteiger charge is -2.28. The Balaban J connectivity index is 1.57. The molecule has 208 valence electrons. The lowest BCUT2D eigenvalue weighted by atomic mass is 10.1. The quantitative estimate of drug-likeness (QED) is 0.230. The first kappa shape index (κ1) is 28.9. The average Bonchev–Trinajstić information content (AvgIpc) is 3.31. The molecule has 1 aliphatic heterocycles. The molecule has 3 aromatic rings. The molecule has 0 bridgehead atoms. The van der Waals surface area contributed by atoms with E-state index in [1.807, 2.05) is 60.7 Å². The molecule has 9 nitrogen and oxygen atoms in total. The summed E-state index contributed by atoms with van der Waals surface area (Å²) in [7, 11) is -2.51. The summed E-state index contributed by atoms with van der Waals surface area (Å²) in [5, 5.41) is 0. The minimum absolute atomic E-state index is 0.197. The third kappa shape index (κ3) is 8.43. The van der Waals surface area contributed by atoms with Gasteiger partial charge in [-0.1, -0.05) is 78.9 Å². The number of carbonyl (C=O) groups excluding carboxylic acids is 1. The molecule has 1 saturated heterocycles. The molecule has 0 N–H and O–H groups in total. The number of hydrogen-bond donors (Lipinski definition) is 0. The summed E-state index contributed by atoms with van der Waals surface area (Å²) in [6.45, 7) is 0.0358. The van der Waals surface area contributed by atoms with Gasteiger partial charge in [-0.25, -0.2) is 4.79 Å². The van der Waals surface area contributed by atoms with E-state index in [4.69, 9.17) is 27.9 Å². The highest BCUT2D eigenvalue weighted by atomic mass is 32.2. The van der Waals surface area contributed by atoms with Gasteiger partial charge < -0.3 is 23.7 Å². The highest BCUT2D eigenvalue weighted by molar-refractivity contribution is 7.86. The van der Waals surface area contributed by atoms with E-state index in [1.54, 1.807) is 30.3 Å². The maximum Gasteiger partial charge on any atom is 0.338 e. The summed E-state index contributed by atoms with van der Waals surface area (Å²) in [5.74, 6) is -0.627. The van der Waals surface area contributed by atoms with E-state index < -0.39 is 53.4 Å². The van der Waals surface area contributed by atoms with Crippen LogP contribution >= 0.6 is 0 Å². The predicted octanol–water partition coefficient (Wildman–Crippen LogP) is 3.73. The molecule has 39 heavy (non-hydrogen) atoms. The molecule has 1 fully saturated rings. The zero-order valence-corrected chi connectivity index (χ0v) is 22.6. The molecular weight excluding hydrogens is 524 g/mol. The number of benzene rings is 3. The van der Waals surface area contributed by atoms with Gasteiger partial charge in [0.05, 0.1) is 25.0 Å². The summed E-state index contributed by atoms with van der Waals surface area (Å²) < 4.78 is 59.4. The smallest absolute Gasteiger partial charge is 0.338 e. The molecule has 0 aliphatic carbocycles. The van der Waals surface area contributed by atoms with E-state index in [0.717, 1.165) is 17.4 Å². The molecule has 3 aromatic carbocycles. The van der Waals surface area contributed by atoms with Crippen molar-refractivity contribution in [2.75, 3.05) is 20.0 Å². The maximum absolute atomic E-state index is 12.6. The molecule has 0 saturated carbocycles. The Morgan fingerprint density at radius 1 is 0.821 bits per heavy atom. The third-order valence-corrected chi connectivity index (χ3v) is 6.66. The standard InChI is InChI=1S/C29H32O9S/c1-33-29-27(35-19-22-14-8-4-9-15-22)26(34-18-21-12-6-3-7-13-21)25(37-29)24(38-39(2,31)32)20-36-28(30)23-16-10-5-11-17-23/h3-17,24-27,29H,18-20H2,1-2H3/t24-,25-,26-,27?,29?/m0/s1. The highest BCUT2D eigenvalue weighted by Crippen LogP contribution is 2.32. The van der Waals surface area contributed by atoms with Gasteiger partial charge in [0, 0.05) is 7.11 Å². The van der Waals surface area contributed by atoms with E-state index in [1.165, 1.54) is 7.11 Å². The van der Waals surface area contributed by atoms with E-state index in [0.29, 0.717) is 5.56 Å². The van der Waals surface area contributed by atoms with Crippen molar-refractivity contribution in [2.24, 2.45) is 0 Å². The van der Waals surface area contributed by atoms with Crippen molar-refractivity contribution < 1.29 is 41.1 Å². The largest absolute Gasteiger partial charge is 0.459 e. The van der Waals surface area contributed by atoms with Crippen molar-refractivity contribution in [2.45, 2.75) is 43.9 Å². The minimum Gasteiger partial charge on any atom is -0.459 e. The van der Waals surface area contributed by atoms with Gasteiger partial charge in [0.1, 0.15) is 31.0 Å². The van der Waals surface area contributed by atoms with Crippen molar-refractivity contribution in [3.05, 3.63) is 108 Å². The number of esters is 1. The van der Waals surface area contributed by atoms with Crippen molar-refractivity contribution in [3.8, 4) is 0 Å². The van der Waals surface area contributed by atoms with Crippen LogP contribution in [-0.4, -0.2) is 65.1 Å². The number of rotatable bonds is 13. The molecule has 4 rings (SSSR count). The molecule has 1 aliphatic rings. The fourth-order valence-corrected chi connectivity index (χ4v) is 4.87. The summed E-state index contributed by atoms with van der Waals surface area (Å²) in [6.07, 6.45) is -3.75. The lowest BCUT2D eigenvalue weighted by Crippen LogP contribution is -2.46. The normalized spacial score (nSPS) is 21.9. The summed E-state index contributed by atoms with van der Waals surface area (Å²) in [4.78, 5) is 12.6. The molecule has 2 unspecified atom stereocenters. The first-order valence-corrected chi connectivity index (χ1v) is 14.3. The van der Waals surface area contributed by atoms with E-state index in [9.17, 15) is 13.2 Å². The lowest BCUT2D eigenvalue weighted by molar-refractivity contribution is -0.175. The SMILES string of the molecule is COC1O[C@@H]([C@H](COC(=O)c2ccccc2)OS(C)(=O)=O)[C@H](OCc2ccccc2)C1OCc1ccccc1. The summed E-state index contributed by atoms with van der Waals surface area (Å²) in [6, 6.07) is 27.4. The second-order valence-corrected chi connectivity index (χ2v) is 10.6. The van der Waals surface area contributed by atoms with Gasteiger partial charge in [-0.15, -0.1) is 0 Å². The van der Waals surface area contributed by atoms with Gasteiger partial charge in [0.25, 0.3) is 10.1 Å². The van der Waals surface area contributed by atoms with Crippen LogP contribution in [0, 0.1) is 0 Å². The van der Waals surface area contributed by atoms with Gasteiger partial charge in [0.2, 0.25) is 0 Å². The van der Waals surface area contributed by atoms with Crippen LogP contribution in [0.5, 0.6) is 0 Å². The Morgan fingerprint density at radius 3 is 1.85 bits per heavy atom. The van der Waals surface area contributed by atoms with Crippen LogP contribution in [0.4, 0.5) is 0 Å². The fourth-order valence-electron chi connectivity index (χ4n) is 4.25.